The van der Waals surface area contributed by atoms with Crippen molar-refractivity contribution in [1.82, 2.24) is 20.2 Å². The number of cyclic esters (lactones) is 1. The van der Waals surface area contributed by atoms with Crippen LogP contribution in [0.3, 0.4) is 0 Å². The highest BCUT2D eigenvalue weighted by Gasteiger charge is 2.75. The second kappa shape index (κ2) is 17.2. The third-order valence-corrected chi connectivity index (χ3v) is 12.0. The van der Waals surface area contributed by atoms with Crippen LogP contribution in [0.15, 0.2) is 127 Å². The van der Waals surface area contributed by atoms with E-state index in [1.165, 1.54) is 19.2 Å². The third kappa shape index (κ3) is 7.15. The molecule has 6 aromatic rings. The Bertz CT molecular complexity index is 2720. The summed E-state index contributed by atoms with van der Waals surface area (Å²) in [4.78, 5) is 71.9. The van der Waals surface area contributed by atoms with Gasteiger partial charge in [-0.1, -0.05) is 96.8 Å². The number of H-pyrrole nitrogens is 1. The fourth-order valence-electron chi connectivity index (χ4n) is 9.49. The van der Waals surface area contributed by atoms with E-state index in [0.29, 0.717) is 28.0 Å². The molecule has 318 valence electrons. The van der Waals surface area contributed by atoms with E-state index in [-0.39, 0.29) is 49.8 Å². The number of benzene rings is 5. The molecule has 9 rings (SSSR count). The van der Waals surface area contributed by atoms with Crippen LogP contribution >= 0.6 is 0 Å². The van der Waals surface area contributed by atoms with E-state index in [4.69, 9.17) is 14.2 Å². The molecule has 14 nitrogen and oxygen atoms in total. The first-order valence-corrected chi connectivity index (χ1v) is 20.6. The van der Waals surface area contributed by atoms with E-state index in [9.17, 15) is 15.0 Å². The molecule has 5 aromatic carbocycles. The number of phenolic OH excluding ortho intramolecular Hbond substituents is 1. The SMILES string of the molecule is COCCOC(=O)N1C(=O)[C@@]2(c3cc(C#CCCO)ccc31)[C@H](c1ccc(O)cc1)N1[C@H](c3ccccc3)[C@H](c3ccccc3)OC(=O)[C@H]1[C@@H]2C(=O)NCc1nc2ccccc2[nH]1. The van der Waals surface area contributed by atoms with Crippen molar-refractivity contribution in [3.05, 3.63) is 161 Å². The number of morpholine rings is 1. The Morgan fingerprint density at radius 1 is 0.873 bits per heavy atom. The molecule has 14 heteroatoms. The number of hydrogen-bond acceptors (Lipinski definition) is 11. The second-order valence-corrected chi connectivity index (χ2v) is 15.5. The summed E-state index contributed by atoms with van der Waals surface area (Å²) in [6.07, 6.45) is -1.76. The third-order valence-electron chi connectivity index (χ3n) is 12.0. The van der Waals surface area contributed by atoms with Gasteiger partial charge in [-0.25, -0.2) is 14.7 Å². The number of imide groups is 1. The smallest absolute Gasteiger partial charge is 0.421 e. The number of nitrogens with zero attached hydrogens (tertiary/aromatic N) is 3. The van der Waals surface area contributed by atoms with Gasteiger partial charge in [0.05, 0.1) is 54.5 Å². The highest BCUT2D eigenvalue weighted by Crippen LogP contribution is 2.66. The molecule has 4 N–H and O–H groups in total. The Hall–Kier alpha value is -7.31. The summed E-state index contributed by atoms with van der Waals surface area (Å²) >= 11 is 0. The van der Waals surface area contributed by atoms with Crippen molar-refractivity contribution in [3.63, 3.8) is 0 Å². The summed E-state index contributed by atoms with van der Waals surface area (Å²) in [6.45, 7) is -0.405. The predicted molar refractivity (Wildman–Crippen MR) is 230 cm³/mol. The van der Waals surface area contributed by atoms with Gasteiger partial charge in [-0.2, -0.15) is 0 Å². The van der Waals surface area contributed by atoms with Gasteiger partial charge in [0.25, 0.3) is 0 Å². The van der Waals surface area contributed by atoms with Gasteiger partial charge in [0.1, 0.15) is 35.7 Å². The number of para-hydroxylation sites is 2. The summed E-state index contributed by atoms with van der Waals surface area (Å²) in [6, 6.07) is 33.9. The Balaban J connectivity index is 1.32. The van der Waals surface area contributed by atoms with Crippen molar-refractivity contribution >= 4 is 40.6 Å². The van der Waals surface area contributed by atoms with Gasteiger partial charge in [0, 0.05) is 19.1 Å². The van der Waals surface area contributed by atoms with E-state index in [1.54, 1.807) is 30.3 Å². The first-order valence-electron chi connectivity index (χ1n) is 20.6. The molecule has 63 heavy (non-hydrogen) atoms. The lowest BCUT2D eigenvalue weighted by Gasteiger charge is -2.46. The average Bonchev–Trinajstić information content (AvgIpc) is 3.95. The number of anilines is 1. The number of hydrogen-bond donors (Lipinski definition) is 4. The lowest BCUT2D eigenvalue weighted by Crippen LogP contribution is -2.55. The molecule has 0 saturated carbocycles. The van der Waals surface area contributed by atoms with Crippen LogP contribution in [-0.2, 0) is 40.6 Å². The maximum Gasteiger partial charge on any atom is 0.421 e. The minimum Gasteiger partial charge on any atom is -0.508 e. The molecule has 4 heterocycles. The number of carbonyl (C=O) groups excluding carboxylic acids is 4. The summed E-state index contributed by atoms with van der Waals surface area (Å²) in [7, 11) is 1.45. The van der Waals surface area contributed by atoms with Crippen LogP contribution in [0.4, 0.5) is 10.5 Å². The largest absolute Gasteiger partial charge is 0.508 e. The van der Waals surface area contributed by atoms with Crippen LogP contribution in [0.1, 0.15) is 58.3 Å². The topological polar surface area (TPSA) is 184 Å². The number of aliphatic hydroxyl groups is 1. The van der Waals surface area contributed by atoms with Crippen molar-refractivity contribution < 1.29 is 43.6 Å². The van der Waals surface area contributed by atoms with E-state index in [2.05, 4.69) is 27.1 Å². The number of amides is 3. The van der Waals surface area contributed by atoms with Crippen LogP contribution < -0.4 is 10.2 Å². The first kappa shape index (κ1) is 41.1. The molecule has 3 aliphatic rings. The summed E-state index contributed by atoms with van der Waals surface area (Å²) in [5.41, 5.74) is 2.09. The van der Waals surface area contributed by atoms with Gasteiger partial charge < -0.3 is 34.7 Å². The Morgan fingerprint density at radius 2 is 1.59 bits per heavy atom. The van der Waals surface area contributed by atoms with Crippen LogP contribution in [0.25, 0.3) is 11.0 Å². The van der Waals surface area contributed by atoms with E-state index >= 15 is 14.4 Å². The summed E-state index contributed by atoms with van der Waals surface area (Å²) < 4.78 is 17.3. The Kier molecular flexibility index (Phi) is 11.2. The molecular formula is C49H43N5O9. The van der Waals surface area contributed by atoms with Gasteiger partial charge in [-0.3, -0.25) is 19.3 Å². The fraction of sp³-hybridized carbons (Fsp3) is 0.245. The normalized spacial score (nSPS) is 22.6. The number of carbonyl (C=O) groups is 4. The first-order chi connectivity index (χ1) is 30.8. The average molecular weight is 846 g/mol. The molecule has 6 atom stereocenters. The monoisotopic (exact) mass is 845 g/mol. The molecule has 2 saturated heterocycles. The minimum absolute atomic E-state index is 0.0507. The van der Waals surface area contributed by atoms with Gasteiger partial charge in [-0.15, -0.1) is 0 Å². The lowest BCUT2D eigenvalue weighted by molar-refractivity contribution is -0.178. The van der Waals surface area contributed by atoms with E-state index in [1.807, 2.05) is 89.8 Å². The van der Waals surface area contributed by atoms with Crippen LogP contribution in [-0.4, -0.2) is 81.9 Å². The second-order valence-electron chi connectivity index (χ2n) is 15.5. The zero-order chi connectivity index (χ0) is 43.7. The van der Waals surface area contributed by atoms with Crippen molar-refractivity contribution in [2.24, 2.45) is 5.92 Å². The zero-order valence-corrected chi connectivity index (χ0v) is 34.1. The number of rotatable bonds is 10. The van der Waals surface area contributed by atoms with Crippen molar-refractivity contribution in [1.29, 1.82) is 0 Å². The number of aromatic amines is 1. The Labute approximate surface area is 362 Å². The predicted octanol–water partition coefficient (Wildman–Crippen LogP) is 5.77. The summed E-state index contributed by atoms with van der Waals surface area (Å²) in [5.74, 6) is 2.58. The lowest BCUT2D eigenvalue weighted by atomic mass is 9.65. The van der Waals surface area contributed by atoms with Gasteiger partial charge in [0.15, 0.2) is 0 Å². The molecule has 0 radical (unpaired) electrons. The van der Waals surface area contributed by atoms with Crippen molar-refractivity contribution in [2.45, 2.75) is 42.6 Å². The standard InChI is InChI=1S/C49H43N5O9/c1-61-26-27-62-48(60)53-38-24-19-30(12-10-11-25-55)28-35(38)49(47(53)59)40(45(57)50-29-39-51-36-17-8-9-18-37(36)52-39)42-46(58)63-43(32-15-6-3-7-16-32)41(31-13-4-2-5-14-31)54(42)44(49)33-20-22-34(56)23-21-33/h2-9,13-24,28,40-44,55-56H,11,25-27,29H2,1H3,(H,50,57)(H,51,52)/t40-,41-,42-,43+,44+,49-/m1/s1. The maximum absolute atomic E-state index is 16.1. The van der Waals surface area contributed by atoms with Gasteiger partial charge in [0.2, 0.25) is 11.8 Å². The van der Waals surface area contributed by atoms with E-state index < -0.39 is 59.4 Å². The number of imidazole rings is 1. The summed E-state index contributed by atoms with van der Waals surface area (Å²) in [5, 5.41) is 23.2. The molecule has 2 fully saturated rings. The number of esters is 1. The highest BCUT2D eigenvalue weighted by molar-refractivity contribution is 6.23. The zero-order valence-electron chi connectivity index (χ0n) is 34.1. The van der Waals surface area contributed by atoms with Crippen LogP contribution in [0.5, 0.6) is 5.75 Å². The number of methoxy groups -OCH3 is 1. The Morgan fingerprint density at radius 3 is 2.30 bits per heavy atom. The number of phenols is 1. The number of aliphatic hydroxyl groups excluding tert-OH is 1. The van der Waals surface area contributed by atoms with Crippen LogP contribution in [0, 0.1) is 17.8 Å². The van der Waals surface area contributed by atoms with Gasteiger partial charge >= 0.3 is 12.1 Å². The number of aromatic hydroxyl groups is 1. The fourth-order valence-corrected chi connectivity index (χ4v) is 9.49. The number of aromatic nitrogens is 2. The van der Waals surface area contributed by atoms with E-state index in [0.717, 1.165) is 16.0 Å². The minimum atomic E-state index is -2.05. The van der Waals surface area contributed by atoms with Crippen molar-refractivity contribution in [3.8, 4) is 17.6 Å². The number of ether oxygens (including phenoxy) is 3. The maximum atomic E-state index is 16.1. The molecule has 0 unspecified atom stereocenters. The molecule has 0 bridgehead atoms. The van der Waals surface area contributed by atoms with Crippen molar-refractivity contribution in [2.75, 3.05) is 31.8 Å². The number of nitrogens with one attached hydrogen (secondary N) is 2. The molecule has 0 aliphatic carbocycles. The molecule has 3 aliphatic heterocycles. The van der Waals surface area contributed by atoms with Gasteiger partial charge in [-0.05, 0) is 64.7 Å². The quantitative estimate of drug-likeness (QED) is 0.0747. The molecule has 1 aromatic heterocycles. The molecule has 3 amide bonds. The number of fused-ring (bicyclic) bond motifs is 4. The highest BCUT2D eigenvalue weighted by atomic mass is 16.6. The molecular weight excluding hydrogens is 803 g/mol. The molecule has 1 spiro atoms. The van der Waals surface area contributed by atoms with Crippen LogP contribution in [0.2, 0.25) is 0 Å².